The Hall–Kier alpha value is -0.870. The second kappa shape index (κ2) is 4.77. The first-order valence-electron chi connectivity index (χ1n) is 4.66. The van der Waals surface area contributed by atoms with Gasteiger partial charge in [0.15, 0.2) is 0 Å². The molecule has 0 heterocycles. The number of anilines is 1. The van der Waals surface area contributed by atoms with E-state index in [4.69, 9.17) is 5.73 Å². The van der Waals surface area contributed by atoms with E-state index in [2.05, 4.69) is 20.9 Å². The molecule has 0 amide bonds. The molecule has 15 heavy (non-hydrogen) atoms. The van der Waals surface area contributed by atoms with Crippen LogP contribution in [0.1, 0.15) is 19.4 Å². The molecule has 0 aliphatic carbocycles. The van der Waals surface area contributed by atoms with Crippen molar-refractivity contribution in [3.63, 3.8) is 0 Å². The molecule has 0 saturated carbocycles. The summed E-state index contributed by atoms with van der Waals surface area (Å²) in [5, 5.41) is 9.47. The number of hydrogen-bond donors (Lipinski definition) is 2. The Morgan fingerprint density at radius 1 is 1.53 bits per heavy atom. The maximum Gasteiger partial charge on any atom is 0.0786 e. The molecule has 1 aromatic carbocycles. The Labute approximate surface area is 98.2 Å². The van der Waals surface area contributed by atoms with Crippen molar-refractivity contribution in [2.75, 3.05) is 12.3 Å². The molecule has 82 valence electrons. The second-order valence-corrected chi connectivity index (χ2v) is 4.97. The van der Waals surface area contributed by atoms with Crippen LogP contribution >= 0.6 is 15.9 Å². The van der Waals surface area contributed by atoms with E-state index < -0.39 is 5.60 Å². The summed E-state index contributed by atoms with van der Waals surface area (Å²) in [6.45, 7) is 3.79. The summed E-state index contributed by atoms with van der Waals surface area (Å²) in [6.07, 6.45) is 1.68. The molecule has 4 heteroatoms. The lowest BCUT2D eigenvalue weighted by Crippen LogP contribution is -2.22. The van der Waals surface area contributed by atoms with E-state index in [0.717, 1.165) is 10.0 Å². The van der Waals surface area contributed by atoms with Crippen LogP contribution in [0.4, 0.5) is 5.69 Å². The Morgan fingerprint density at radius 2 is 2.20 bits per heavy atom. The van der Waals surface area contributed by atoms with Crippen LogP contribution in [0.2, 0.25) is 0 Å². The van der Waals surface area contributed by atoms with Gasteiger partial charge >= 0.3 is 0 Å². The number of halogens is 1. The molecule has 1 aromatic rings. The minimum Gasteiger partial charge on any atom is -0.398 e. The normalized spacial score (nSPS) is 12.3. The first-order chi connectivity index (χ1) is 6.88. The fourth-order valence-electron chi connectivity index (χ4n) is 1.02. The van der Waals surface area contributed by atoms with Gasteiger partial charge < -0.3 is 10.8 Å². The number of nitrogen functional groups attached to an aromatic ring is 1. The van der Waals surface area contributed by atoms with Gasteiger partial charge in [0.1, 0.15) is 0 Å². The third-order valence-corrected chi connectivity index (χ3v) is 2.25. The summed E-state index contributed by atoms with van der Waals surface area (Å²) in [7, 11) is 0. The molecular weight excluding hydrogens is 256 g/mol. The molecule has 3 nitrogen and oxygen atoms in total. The highest BCUT2D eigenvalue weighted by Gasteiger charge is 2.09. The zero-order valence-corrected chi connectivity index (χ0v) is 10.5. The third-order valence-electron chi connectivity index (χ3n) is 1.76. The van der Waals surface area contributed by atoms with Crippen LogP contribution in [0.5, 0.6) is 0 Å². The molecule has 0 atom stereocenters. The second-order valence-electron chi connectivity index (χ2n) is 4.06. The number of aliphatic imine (C=N–C) groups is 1. The van der Waals surface area contributed by atoms with Crippen LogP contribution in [0.15, 0.2) is 27.7 Å². The van der Waals surface area contributed by atoms with Gasteiger partial charge in [-0.15, -0.1) is 0 Å². The Balaban J connectivity index is 2.76. The minimum absolute atomic E-state index is 0.360. The molecule has 0 unspecified atom stereocenters. The quantitative estimate of drug-likeness (QED) is 0.654. The Bertz CT molecular complexity index is 369. The molecule has 0 aromatic heterocycles. The van der Waals surface area contributed by atoms with Crippen molar-refractivity contribution < 1.29 is 5.11 Å². The minimum atomic E-state index is -0.780. The zero-order valence-electron chi connectivity index (χ0n) is 8.87. The van der Waals surface area contributed by atoms with Crippen LogP contribution < -0.4 is 5.73 Å². The van der Waals surface area contributed by atoms with Crippen molar-refractivity contribution in [1.29, 1.82) is 0 Å². The van der Waals surface area contributed by atoms with E-state index in [9.17, 15) is 5.11 Å². The molecule has 0 fully saturated rings. The first-order valence-corrected chi connectivity index (χ1v) is 5.45. The largest absolute Gasteiger partial charge is 0.398 e. The van der Waals surface area contributed by atoms with Crippen LogP contribution in [0.3, 0.4) is 0 Å². The Morgan fingerprint density at radius 3 is 2.80 bits per heavy atom. The van der Waals surface area contributed by atoms with Crippen LogP contribution in [0.25, 0.3) is 0 Å². The Kier molecular flexibility index (Phi) is 3.88. The van der Waals surface area contributed by atoms with E-state index in [-0.39, 0.29) is 0 Å². The lowest BCUT2D eigenvalue weighted by Gasteiger charge is -2.12. The SMILES string of the molecule is CC(C)(O)CN=Cc1cc(Br)ccc1N. The van der Waals surface area contributed by atoms with Gasteiger partial charge in [0.25, 0.3) is 0 Å². The van der Waals surface area contributed by atoms with Gasteiger partial charge in [-0.3, -0.25) is 4.99 Å². The average Bonchev–Trinajstić information content (AvgIpc) is 2.09. The highest BCUT2D eigenvalue weighted by molar-refractivity contribution is 9.10. The van der Waals surface area contributed by atoms with E-state index in [1.54, 1.807) is 20.1 Å². The lowest BCUT2D eigenvalue weighted by molar-refractivity contribution is 0.0906. The predicted molar refractivity (Wildman–Crippen MR) is 67.3 cm³/mol. The molecule has 0 bridgehead atoms. The zero-order chi connectivity index (χ0) is 11.5. The van der Waals surface area contributed by atoms with E-state index in [1.807, 2.05) is 18.2 Å². The van der Waals surface area contributed by atoms with Gasteiger partial charge in [-0.1, -0.05) is 15.9 Å². The van der Waals surface area contributed by atoms with E-state index in [0.29, 0.717) is 12.2 Å². The number of nitrogens with zero attached hydrogens (tertiary/aromatic N) is 1. The van der Waals surface area contributed by atoms with Gasteiger partial charge in [0, 0.05) is 21.9 Å². The van der Waals surface area contributed by atoms with Crippen molar-refractivity contribution in [2.45, 2.75) is 19.4 Å². The molecule has 0 spiro atoms. The van der Waals surface area contributed by atoms with Gasteiger partial charge in [-0.25, -0.2) is 0 Å². The van der Waals surface area contributed by atoms with E-state index in [1.165, 1.54) is 0 Å². The summed E-state index contributed by atoms with van der Waals surface area (Å²) < 4.78 is 0.960. The van der Waals surface area contributed by atoms with Gasteiger partial charge in [0.2, 0.25) is 0 Å². The maximum absolute atomic E-state index is 9.47. The van der Waals surface area contributed by atoms with Gasteiger partial charge in [-0.05, 0) is 32.0 Å². The number of benzene rings is 1. The summed E-state index contributed by atoms with van der Waals surface area (Å²) in [6, 6.07) is 5.58. The van der Waals surface area contributed by atoms with Crippen molar-refractivity contribution in [1.82, 2.24) is 0 Å². The molecule has 0 aliphatic rings. The van der Waals surface area contributed by atoms with Crippen LogP contribution in [-0.4, -0.2) is 23.5 Å². The van der Waals surface area contributed by atoms with Crippen molar-refractivity contribution in [2.24, 2.45) is 4.99 Å². The average molecular weight is 271 g/mol. The molecule has 0 saturated heterocycles. The fraction of sp³-hybridized carbons (Fsp3) is 0.364. The third kappa shape index (κ3) is 4.44. The van der Waals surface area contributed by atoms with Gasteiger partial charge in [0.05, 0.1) is 12.1 Å². The number of nitrogens with two attached hydrogens (primary N) is 1. The van der Waals surface area contributed by atoms with Crippen LogP contribution in [0, 0.1) is 0 Å². The van der Waals surface area contributed by atoms with Crippen molar-refractivity contribution in [3.8, 4) is 0 Å². The molecular formula is C11H15BrN2O. The van der Waals surface area contributed by atoms with Crippen LogP contribution in [-0.2, 0) is 0 Å². The summed E-state index contributed by atoms with van der Waals surface area (Å²) in [5.74, 6) is 0. The predicted octanol–water partition coefficient (Wildman–Crippen LogP) is 2.22. The molecule has 3 N–H and O–H groups in total. The monoisotopic (exact) mass is 270 g/mol. The van der Waals surface area contributed by atoms with E-state index >= 15 is 0 Å². The summed E-state index contributed by atoms with van der Waals surface area (Å²) in [4.78, 5) is 4.14. The number of rotatable bonds is 3. The number of aliphatic hydroxyl groups is 1. The smallest absolute Gasteiger partial charge is 0.0786 e. The molecule has 1 rings (SSSR count). The van der Waals surface area contributed by atoms with Crippen molar-refractivity contribution >= 4 is 27.8 Å². The number of hydrogen-bond acceptors (Lipinski definition) is 3. The summed E-state index contributed by atoms with van der Waals surface area (Å²) >= 11 is 3.36. The lowest BCUT2D eigenvalue weighted by atomic mass is 10.1. The maximum atomic E-state index is 9.47. The standard InChI is InChI=1S/C11H15BrN2O/c1-11(2,15)7-14-6-8-5-9(12)3-4-10(8)13/h3-6,15H,7,13H2,1-2H3. The topological polar surface area (TPSA) is 58.6 Å². The highest BCUT2D eigenvalue weighted by Crippen LogP contribution is 2.16. The molecule has 0 aliphatic heterocycles. The first kappa shape index (κ1) is 12.2. The van der Waals surface area contributed by atoms with Gasteiger partial charge in [-0.2, -0.15) is 0 Å². The van der Waals surface area contributed by atoms with Crippen molar-refractivity contribution in [3.05, 3.63) is 28.2 Å². The fourth-order valence-corrected chi connectivity index (χ4v) is 1.40. The highest BCUT2D eigenvalue weighted by atomic mass is 79.9. The summed E-state index contributed by atoms with van der Waals surface area (Å²) in [5.41, 5.74) is 6.52. The molecule has 0 radical (unpaired) electrons.